The lowest BCUT2D eigenvalue weighted by Crippen LogP contribution is -2.58. The van der Waals surface area contributed by atoms with Crippen molar-refractivity contribution in [1.29, 1.82) is 0 Å². The molecule has 1 saturated heterocycles. The standard InChI is InChI=1S/C51H64ClN9O7S2/c1-30-32(3)70-50-43(30)44(35-16-18-37(52)19-17-35)56-39(47-59-58-33(4)61(47)50)25-41(63)53-20-9-8-10-21-67-22-11-23-68-28-42(64)57-46(51(5,6)7)49(66)60-27-38(62)24-40(60)48(65)54-26-34-12-14-36(15-13-34)45-31(2)55-29-69-45/h12-19,29,38-40,46,62H,8-11,20-28H2,1-7H3,(H,53,63)(H,54,65)(H,57,64)/t38-,39?,40+,46-/m1/s1. The summed E-state index contributed by atoms with van der Waals surface area (Å²) < 4.78 is 13.5. The fourth-order valence-corrected chi connectivity index (χ4v) is 10.8. The Balaban J connectivity index is 0.781. The van der Waals surface area contributed by atoms with Gasteiger partial charge in [0.05, 0.1) is 34.3 Å². The van der Waals surface area contributed by atoms with Crippen molar-refractivity contribution < 1.29 is 33.8 Å². The minimum Gasteiger partial charge on any atom is -0.391 e. The number of carbonyl (C=O) groups is 4. The van der Waals surface area contributed by atoms with Gasteiger partial charge in [0.25, 0.3) is 0 Å². The van der Waals surface area contributed by atoms with Crippen LogP contribution in [-0.4, -0.2) is 117 Å². The van der Waals surface area contributed by atoms with Gasteiger partial charge in [-0.15, -0.1) is 32.9 Å². The van der Waals surface area contributed by atoms with E-state index >= 15 is 0 Å². The number of aryl methyl sites for hydroxylation is 3. The third kappa shape index (κ3) is 12.9. The number of rotatable bonds is 21. The first-order chi connectivity index (χ1) is 33.5. The largest absolute Gasteiger partial charge is 0.391 e. The van der Waals surface area contributed by atoms with Crippen molar-refractivity contribution in [2.75, 3.05) is 39.5 Å². The van der Waals surface area contributed by atoms with Gasteiger partial charge in [-0.3, -0.25) is 28.7 Å². The number of nitrogens with zero attached hydrogens (tertiary/aromatic N) is 6. The molecule has 2 aliphatic heterocycles. The third-order valence-corrected chi connectivity index (χ3v) is 15.0. The van der Waals surface area contributed by atoms with Crippen LogP contribution in [0.2, 0.25) is 5.02 Å². The number of β-amino-alcohol motifs (C(OH)–C–C–N with tert-alkyl or cyclic N) is 1. The third-order valence-electron chi connectivity index (χ3n) is 12.5. The molecule has 7 rings (SSSR count). The highest BCUT2D eigenvalue weighted by Crippen LogP contribution is 2.40. The molecule has 4 N–H and O–H groups in total. The van der Waals surface area contributed by atoms with E-state index < -0.39 is 41.5 Å². The van der Waals surface area contributed by atoms with Gasteiger partial charge in [-0.05, 0) is 87.6 Å². The molecule has 16 nitrogen and oxygen atoms in total. The highest BCUT2D eigenvalue weighted by Gasteiger charge is 2.44. The molecule has 70 heavy (non-hydrogen) atoms. The molecule has 0 bridgehead atoms. The maximum Gasteiger partial charge on any atom is 0.246 e. The SMILES string of the molecule is Cc1ncsc1-c1ccc(CNC(=O)[C@@H]2C[C@@H](O)CN2C(=O)[C@@H](NC(=O)COCCCOCCCCCNC(=O)CC2N=C(c3ccc(Cl)cc3)c3c(sc(C)c3C)-n3c(C)nnc32)C(C)(C)C)cc1. The van der Waals surface area contributed by atoms with E-state index in [2.05, 4.69) is 45.0 Å². The number of aromatic nitrogens is 4. The molecule has 374 valence electrons. The minimum atomic E-state index is -0.954. The number of likely N-dealkylation sites (tertiary alicyclic amines) is 1. The van der Waals surface area contributed by atoms with Crippen molar-refractivity contribution in [2.24, 2.45) is 10.4 Å². The molecular formula is C51H64ClN9O7S2. The van der Waals surface area contributed by atoms with E-state index in [1.165, 1.54) is 9.78 Å². The molecule has 19 heteroatoms. The molecule has 1 unspecified atom stereocenters. The quantitative estimate of drug-likeness (QED) is 0.0548. The Morgan fingerprint density at radius 1 is 0.886 bits per heavy atom. The Kier molecular flexibility index (Phi) is 17.8. The zero-order chi connectivity index (χ0) is 50.1. The van der Waals surface area contributed by atoms with E-state index in [4.69, 9.17) is 26.1 Å². The number of ether oxygens (including phenoxy) is 2. The number of fused-ring (bicyclic) bond motifs is 3. The van der Waals surface area contributed by atoms with Gasteiger partial charge in [0.15, 0.2) is 5.82 Å². The van der Waals surface area contributed by atoms with Gasteiger partial charge in [-0.25, -0.2) is 4.98 Å². The number of halogens is 1. The lowest BCUT2D eigenvalue weighted by Gasteiger charge is -2.35. The average molecular weight is 1010 g/mol. The van der Waals surface area contributed by atoms with Crippen LogP contribution in [0.15, 0.2) is 59.0 Å². The topological polar surface area (TPSA) is 202 Å². The number of thiophene rings is 1. The molecule has 4 atom stereocenters. The Hall–Kier alpha value is -5.37. The number of carbonyl (C=O) groups excluding carboxylic acids is 4. The molecular weight excluding hydrogens is 950 g/mol. The summed E-state index contributed by atoms with van der Waals surface area (Å²) in [5, 5.41) is 29.9. The number of thiazole rings is 1. The van der Waals surface area contributed by atoms with Crippen molar-refractivity contribution in [1.82, 2.24) is 40.6 Å². The van der Waals surface area contributed by atoms with E-state index in [0.717, 1.165) is 74.2 Å². The summed E-state index contributed by atoms with van der Waals surface area (Å²) in [6, 6.07) is 13.1. The predicted molar refractivity (Wildman–Crippen MR) is 273 cm³/mol. The van der Waals surface area contributed by atoms with E-state index in [0.29, 0.717) is 37.0 Å². The Bertz CT molecular complexity index is 2660. The van der Waals surface area contributed by atoms with E-state index in [9.17, 15) is 24.3 Å². The summed E-state index contributed by atoms with van der Waals surface area (Å²) >= 11 is 9.49. The number of nitrogens with one attached hydrogen (secondary N) is 3. The van der Waals surface area contributed by atoms with Crippen molar-refractivity contribution in [3.8, 4) is 15.4 Å². The molecule has 5 heterocycles. The molecule has 4 amide bonds. The molecule has 3 aromatic heterocycles. The van der Waals surface area contributed by atoms with Crippen LogP contribution >= 0.6 is 34.3 Å². The highest BCUT2D eigenvalue weighted by atomic mass is 35.5. The van der Waals surface area contributed by atoms with Gasteiger partial charge in [-0.1, -0.05) is 68.8 Å². The second-order valence-electron chi connectivity index (χ2n) is 19.0. The lowest BCUT2D eigenvalue weighted by atomic mass is 9.85. The Morgan fingerprint density at radius 3 is 2.31 bits per heavy atom. The first kappa shape index (κ1) is 52.5. The van der Waals surface area contributed by atoms with E-state index in [1.54, 1.807) is 22.7 Å². The Labute approximate surface area is 422 Å². The van der Waals surface area contributed by atoms with Gasteiger partial charge in [0.1, 0.15) is 35.6 Å². The zero-order valence-electron chi connectivity index (χ0n) is 41.0. The first-order valence-electron chi connectivity index (χ1n) is 23.8. The van der Waals surface area contributed by atoms with Crippen molar-refractivity contribution in [3.63, 3.8) is 0 Å². The molecule has 0 radical (unpaired) electrons. The number of hydrogen-bond donors (Lipinski definition) is 4. The highest BCUT2D eigenvalue weighted by molar-refractivity contribution is 7.15. The number of aliphatic hydroxyl groups excluding tert-OH is 1. The van der Waals surface area contributed by atoms with E-state index in [1.807, 2.05) is 93.2 Å². The maximum atomic E-state index is 14.0. The van der Waals surface area contributed by atoms with E-state index in [-0.39, 0.29) is 51.0 Å². The molecule has 0 spiro atoms. The summed E-state index contributed by atoms with van der Waals surface area (Å²) in [5.41, 5.74) is 7.91. The minimum absolute atomic E-state index is 0.0116. The normalized spacial score (nSPS) is 17.1. The van der Waals surface area contributed by atoms with Crippen LogP contribution in [0.1, 0.15) is 110 Å². The van der Waals surface area contributed by atoms with Crippen LogP contribution in [0.4, 0.5) is 0 Å². The summed E-state index contributed by atoms with van der Waals surface area (Å²) in [4.78, 5) is 67.0. The Morgan fingerprint density at radius 2 is 1.60 bits per heavy atom. The maximum absolute atomic E-state index is 14.0. The lowest BCUT2D eigenvalue weighted by molar-refractivity contribution is -0.144. The van der Waals surface area contributed by atoms with Gasteiger partial charge in [-0.2, -0.15) is 0 Å². The van der Waals surface area contributed by atoms with Crippen molar-refractivity contribution in [3.05, 3.63) is 104 Å². The monoisotopic (exact) mass is 1010 g/mol. The van der Waals surface area contributed by atoms with Crippen molar-refractivity contribution in [2.45, 2.75) is 118 Å². The predicted octanol–water partition coefficient (Wildman–Crippen LogP) is 7.14. The molecule has 2 aromatic carbocycles. The summed E-state index contributed by atoms with van der Waals surface area (Å²) in [6.45, 7) is 15.4. The van der Waals surface area contributed by atoms with Gasteiger partial charge in [0.2, 0.25) is 23.6 Å². The van der Waals surface area contributed by atoms with Crippen LogP contribution in [-0.2, 0) is 35.2 Å². The number of benzene rings is 2. The number of hydrogen-bond acceptors (Lipinski definition) is 13. The molecule has 0 saturated carbocycles. The number of unbranched alkanes of at least 4 members (excludes halogenated alkanes) is 2. The molecule has 0 aliphatic carbocycles. The fourth-order valence-electron chi connectivity index (χ4n) is 8.63. The van der Waals surface area contributed by atoms with Crippen molar-refractivity contribution >= 4 is 63.6 Å². The summed E-state index contributed by atoms with van der Waals surface area (Å²) in [5.74, 6) is 0.00978. The number of aliphatic imine (C=N–C) groups is 1. The molecule has 1 fully saturated rings. The van der Waals surface area contributed by atoms with Crippen LogP contribution in [0.3, 0.4) is 0 Å². The van der Waals surface area contributed by atoms with Crippen LogP contribution in [0.25, 0.3) is 15.4 Å². The second kappa shape index (κ2) is 23.7. The molecule has 5 aromatic rings. The number of amides is 4. The fraction of sp³-hybridized carbons (Fsp3) is 0.490. The second-order valence-corrected chi connectivity index (χ2v) is 21.5. The van der Waals surface area contributed by atoms with Gasteiger partial charge in [0, 0.05) is 66.9 Å². The summed E-state index contributed by atoms with van der Waals surface area (Å²) in [7, 11) is 0. The molecule has 2 aliphatic rings. The van der Waals surface area contributed by atoms with Crippen LogP contribution in [0, 0.1) is 33.1 Å². The number of aliphatic hydroxyl groups is 1. The first-order valence-corrected chi connectivity index (χ1v) is 25.9. The van der Waals surface area contributed by atoms with Gasteiger partial charge >= 0.3 is 0 Å². The van der Waals surface area contributed by atoms with Crippen LogP contribution in [0.5, 0.6) is 0 Å². The smallest absolute Gasteiger partial charge is 0.246 e. The van der Waals surface area contributed by atoms with Crippen LogP contribution < -0.4 is 16.0 Å². The zero-order valence-corrected chi connectivity index (χ0v) is 43.4. The average Bonchev–Trinajstić information content (AvgIpc) is 4.09. The summed E-state index contributed by atoms with van der Waals surface area (Å²) in [6.07, 6.45) is 2.41. The van der Waals surface area contributed by atoms with Gasteiger partial charge < -0.3 is 35.4 Å².